The Morgan fingerprint density at radius 2 is 1.92 bits per heavy atom. The Balaban J connectivity index is 0.00000212. The highest BCUT2D eigenvalue weighted by Gasteiger charge is 2.38. The number of aliphatic hydroxyl groups is 1. The number of aryl methyl sites for hydroxylation is 2. The summed E-state index contributed by atoms with van der Waals surface area (Å²) in [4.78, 5) is 15.8. The van der Waals surface area contributed by atoms with Crippen LogP contribution in [0.15, 0.2) is 4.52 Å². The second-order valence-electron chi connectivity index (χ2n) is 13.9. The average Bonchev–Trinajstić information content (AvgIpc) is 3.86. The van der Waals surface area contributed by atoms with Gasteiger partial charge in [-0.25, -0.2) is 14.6 Å². The molecule has 50 heavy (non-hydrogen) atoms. The van der Waals surface area contributed by atoms with E-state index in [0.29, 0.717) is 59.3 Å². The van der Waals surface area contributed by atoms with Crippen molar-refractivity contribution in [3.8, 4) is 28.9 Å². The molecule has 4 radical (unpaired) electrons. The molecule has 14 heteroatoms. The molecule has 3 N–H and O–H groups in total. The molecular formula is C36H49B2N9O2S. The van der Waals surface area contributed by atoms with Crippen molar-refractivity contribution in [3.05, 3.63) is 21.7 Å². The summed E-state index contributed by atoms with van der Waals surface area (Å²) in [6, 6.07) is 2.61. The zero-order valence-electron chi connectivity index (χ0n) is 30.2. The number of fused-ring (bicyclic) bond motifs is 2. The van der Waals surface area contributed by atoms with Gasteiger partial charge < -0.3 is 20.3 Å². The number of hydrogen-bond donors (Lipinski definition) is 2. The maximum atomic E-state index is 10.5. The lowest BCUT2D eigenvalue weighted by Crippen LogP contribution is -2.53. The molecule has 2 saturated heterocycles. The lowest BCUT2D eigenvalue weighted by atomic mass is 9.71. The van der Waals surface area contributed by atoms with Crippen molar-refractivity contribution in [3.63, 3.8) is 0 Å². The van der Waals surface area contributed by atoms with Gasteiger partial charge >= 0.3 is 0 Å². The third-order valence-corrected chi connectivity index (χ3v) is 11.5. The summed E-state index contributed by atoms with van der Waals surface area (Å²) in [5.41, 5.74) is 8.88. The Labute approximate surface area is 302 Å². The third kappa shape index (κ3) is 6.69. The predicted molar refractivity (Wildman–Crippen MR) is 201 cm³/mol. The highest BCUT2D eigenvalue weighted by Crippen LogP contribution is 2.44. The number of nitrogens with zero attached hydrogens (tertiary/aromatic N) is 8. The number of aromatic nitrogens is 5. The number of nitrogens with two attached hydrogens (primary N) is 1. The molecule has 2 fully saturated rings. The molecule has 11 nitrogen and oxygen atoms in total. The van der Waals surface area contributed by atoms with E-state index in [4.69, 9.17) is 41.0 Å². The molecule has 4 aromatic heterocycles. The van der Waals surface area contributed by atoms with E-state index in [-0.39, 0.29) is 6.04 Å². The van der Waals surface area contributed by atoms with Crippen LogP contribution in [0.2, 0.25) is 0 Å². The molecule has 2 unspecified atom stereocenters. The monoisotopic (exact) mass is 693 g/mol. The van der Waals surface area contributed by atoms with Crippen LogP contribution in [0, 0.1) is 17.2 Å². The standard InChI is InChI=1S/C34H43B2N9O2S.C2H6/c1-4-6-10-22-28(42-47-29(22)26-23(16-37)30(38)48-25(26)8-5-2)31-39-32-27-24(14-13-20-12-11-19(3)17-43(20)32)41-45(33(27)40-31)18-21-9-7-15-44(21)34(35,36)46;1-2/h19-21,46H,4-15,17-18,38H2,1-3H3;1-2H3/t19?,20-,21?;/m1./s1. The highest BCUT2D eigenvalue weighted by atomic mass is 32.1. The number of nitriles is 1. The number of unbranched alkanes of at least 4 members (excludes halogenated alkanes) is 1. The van der Waals surface area contributed by atoms with Crippen LogP contribution in [0.3, 0.4) is 0 Å². The minimum atomic E-state index is -1.91. The summed E-state index contributed by atoms with van der Waals surface area (Å²) in [6.45, 7) is 12.6. The van der Waals surface area contributed by atoms with Crippen LogP contribution in [0.5, 0.6) is 0 Å². The summed E-state index contributed by atoms with van der Waals surface area (Å²) in [5, 5.41) is 32.0. The number of hydrogen-bond acceptors (Lipinski definition) is 11. The normalized spacial score (nSPS) is 20.7. The van der Waals surface area contributed by atoms with Crippen LogP contribution in [-0.2, 0) is 25.8 Å². The zero-order valence-corrected chi connectivity index (χ0v) is 31.0. The molecule has 7 heterocycles. The highest BCUT2D eigenvalue weighted by molar-refractivity contribution is 7.16. The van der Waals surface area contributed by atoms with Crippen LogP contribution >= 0.6 is 11.3 Å². The molecule has 4 aromatic rings. The molecular weight excluding hydrogens is 644 g/mol. The van der Waals surface area contributed by atoms with Crippen LogP contribution in [-0.4, -0.2) is 81.3 Å². The fraction of sp³-hybridized carbons (Fsp3) is 0.639. The molecule has 3 atom stereocenters. The SMILES string of the molecule is CC.[B]C([B])(O)N1CCCC1Cn1nc2c3c(nc(-c4noc(-c5c(CCC)sc(N)c5C#N)c4CCCC)nc31)N1CC(C)CC[C@@H]1CC2. The lowest BCUT2D eigenvalue weighted by Gasteiger charge is -2.39. The molecule has 262 valence electrons. The van der Waals surface area contributed by atoms with E-state index >= 15 is 0 Å². The fourth-order valence-electron chi connectivity index (χ4n) is 8.03. The number of piperidine rings is 1. The number of nitrogen functional groups attached to an aromatic ring is 1. The van der Waals surface area contributed by atoms with Gasteiger partial charge in [0.1, 0.15) is 32.6 Å². The minimum Gasteiger partial charge on any atom is -0.395 e. The molecule has 0 amide bonds. The van der Waals surface area contributed by atoms with Crippen molar-refractivity contribution in [1.29, 1.82) is 5.26 Å². The molecule has 3 aliphatic rings. The second kappa shape index (κ2) is 15.1. The summed E-state index contributed by atoms with van der Waals surface area (Å²) in [6.07, 6.45) is 10.1. The van der Waals surface area contributed by atoms with Crippen molar-refractivity contribution in [2.24, 2.45) is 5.92 Å². The predicted octanol–water partition coefficient (Wildman–Crippen LogP) is 5.94. The van der Waals surface area contributed by atoms with Crippen molar-refractivity contribution < 1.29 is 9.63 Å². The molecule has 0 saturated carbocycles. The minimum absolute atomic E-state index is 0.0993. The second-order valence-corrected chi connectivity index (χ2v) is 15.1. The number of rotatable bonds is 10. The number of thiophene rings is 1. The van der Waals surface area contributed by atoms with Gasteiger partial charge in [0.05, 0.1) is 28.8 Å². The molecule has 0 aliphatic carbocycles. The molecule has 3 aliphatic heterocycles. The topological polar surface area (TPSA) is 146 Å². The van der Waals surface area contributed by atoms with Gasteiger partial charge in [-0.2, -0.15) is 10.4 Å². The van der Waals surface area contributed by atoms with E-state index in [1.54, 1.807) is 4.90 Å². The quantitative estimate of drug-likeness (QED) is 0.191. The van der Waals surface area contributed by atoms with Gasteiger partial charge in [-0.05, 0) is 70.3 Å². The van der Waals surface area contributed by atoms with Crippen molar-refractivity contribution >= 4 is 48.9 Å². The van der Waals surface area contributed by atoms with Gasteiger partial charge in [-0.15, -0.1) is 11.3 Å². The van der Waals surface area contributed by atoms with E-state index in [0.717, 1.165) is 103 Å². The largest absolute Gasteiger partial charge is 0.395 e. The molecule has 0 bridgehead atoms. The van der Waals surface area contributed by atoms with E-state index in [9.17, 15) is 10.4 Å². The lowest BCUT2D eigenvalue weighted by molar-refractivity contribution is 0.0165. The Morgan fingerprint density at radius 3 is 2.64 bits per heavy atom. The maximum absolute atomic E-state index is 10.5. The van der Waals surface area contributed by atoms with E-state index in [2.05, 4.69) is 36.9 Å². The Bertz CT molecular complexity index is 1860. The number of likely N-dealkylation sites (tertiary alicyclic amines) is 1. The van der Waals surface area contributed by atoms with Gasteiger partial charge in [0.25, 0.3) is 0 Å². The first kappa shape index (κ1) is 36.4. The van der Waals surface area contributed by atoms with Crippen LogP contribution in [0.25, 0.3) is 33.9 Å². The summed E-state index contributed by atoms with van der Waals surface area (Å²) in [7, 11) is 12.0. The summed E-state index contributed by atoms with van der Waals surface area (Å²) < 4.78 is 8.15. The molecule has 0 spiro atoms. The van der Waals surface area contributed by atoms with Crippen molar-refractivity contribution in [1.82, 2.24) is 29.8 Å². The average molecular weight is 694 g/mol. The van der Waals surface area contributed by atoms with Crippen LogP contribution < -0.4 is 10.6 Å². The fourth-order valence-corrected chi connectivity index (χ4v) is 9.15. The smallest absolute Gasteiger partial charge is 0.186 e. The third-order valence-electron chi connectivity index (χ3n) is 10.4. The van der Waals surface area contributed by atoms with Gasteiger partial charge in [0.2, 0.25) is 0 Å². The van der Waals surface area contributed by atoms with E-state index < -0.39 is 5.52 Å². The first-order chi connectivity index (χ1) is 24.1. The van der Waals surface area contributed by atoms with Gasteiger partial charge in [0, 0.05) is 34.6 Å². The van der Waals surface area contributed by atoms with Gasteiger partial charge in [-0.3, -0.25) is 4.90 Å². The Kier molecular flexibility index (Phi) is 11.0. The first-order valence-electron chi connectivity index (χ1n) is 18.5. The first-order valence-corrected chi connectivity index (χ1v) is 19.4. The van der Waals surface area contributed by atoms with Crippen LogP contribution in [0.4, 0.5) is 10.8 Å². The summed E-state index contributed by atoms with van der Waals surface area (Å²) >= 11 is 1.45. The van der Waals surface area contributed by atoms with Crippen molar-refractivity contribution in [2.75, 3.05) is 23.7 Å². The maximum Gasteiger partial charge on any atom is 0.186 e. The van der Waals surface area contributed by atoms with Crippen molar-refractivity contribution in [2.45, 2.75) is 129 Å². The van der Waals surface area contributed by atoms with E-state index in [1.807, 2.05) is 18.5 Å². The zero-order chi connectivity index (χ0) is 35.7. The Hall–Kier alpha value is -3.40. The van der Waals surface area contributed by atoms with Crippen LogP contribution in [0.1, 0.15) is 108 Å². The van der Waals surface area contributed by atoms with Gasteiger partial charge in [0.15, 0.2) is 22.9 Å². The Morgan fingerprint density at radius 1 is 1.12 bits per heavy atom. The molecule has 0 aromatic carbocycles. The number of anilines is 2. The van der Waals surface area contributed by atoms with Gasteiger partial charge in [-0.1, -0.05) is 52.6 Å². The molecule has 7 rings (SSSR count). The van der Waals surface area contributed by atoms with E-state index in [1.165, 1.54) is 17.8 Å². The summed E-state index contributed by atoms with van der Waals surface area (Å²) in [5.74, 6) is 2.51.